The molecule has 0 aliphatic heterocycles. The number of hydrogen-bond donors (Lipinski definition) is 1. The van der Waals surface area contributed by atoms with Crippen LogP contribution in [0.25, 0.3) is 0 Å². The van der Waals surface area contributed by atoms with Crippen molar-refractivity contribution in [1.29, 1.82) is 0 Å². The van der Waals surface area contributed by atoms with Gasteiger partial charge in [0.2, 0.25) is 5.75 Å². The second-order valence-corrected chi connectivity index (χ2v) is 18.0. The molecule has 1 rings (SSSR count). The van der Waals surface area contributed by atoms with E-state index in [9.17, 15) is 32.1 Å². The van der Waals surface area contributed by atoms with Crippen molar-refractivity contribution in [2.45, 2.75) is 173 Å². The SMILES string of the molecule is C=CC(=O)OCCCCCCCCCCCOc1cc(C(=O)NCCS(=O)(=O)[O-])cc(OCCCCCCCCCCCOC(=O)C=C)c1OCCCCCCCCCCCOC(=O)C=C.[Li+]. The maximum Gasteiger partial charge on any atom is 1.00 e. The molecule has 0 aromatic heterocycles. The summed E-state index contributed by atoms with van der Waals surface area (Å²) in [5.74, 6) is -1.22. The number of rotatable bonds is 46. The molecular formula is C51H82LiNO13S. The van der Waals surface area contributed by atoms with Gasteiger partial charge in [0.15, 0.2) is 11.5 Å². The van der Waals surface area contributed by atoms with Crippen LogP contribution in [0.2, 0.25) is 0 Å². The van der Waals surface area contributed by atoms with E-state index in [1.807, 2.05) is 0 Å². The summed E-state index contributed by atoms with van der Waals surface area (Å²) in [5.41, 5.74) is 0.214. The molecule has 14 nitrogen and oxygen atoms in total. The minimum atomic E-state index is -4.51. The van der Waals surface area contributed by atoms with E-state index in [1.165, 1.54) is 18.2 Å². The van der Waals surface area contributed by atoms with E-state index in [0.29, 0.717) is 56.9 Å². The summed E-state index contributed by atoms with van der Waals surface area (Å²) in [6, 6.07) is 3.19. The molecule has 0 saturated carbocycles. The van der Waals surface area contributed by atoms with Crippen molar-refractivity contribution < 1.29 is 79.4 Å². The van der Waals surface area contributed by atoms with Crippen LogP contribution in [-0.2, 0) is 38.7 Å². The molecule has 1 N–H and O–H groups in total. The molecule has 0 saturated heterocycles. The van der Waals surface area contributed by atoms with Crippen LogP contribution in [0.4, 0.5) is 0 Å². The van der Waals surface area contributed by atoms with Crippen LogP contribution in [-0.4, -0.2) is 88.7 Å². The number of ether oxygens (including phenoxy) is 6. The van der Waals surface area contributed by atoms with Crippen molar-refractivity contribution >= 4 is 33.9 Å². The Balaban J connectivity index is 0.0000436. The van der Waals surface area contributed by atoms with Gasteiger partial charge in [-0.3, -0.25) is 4.79 Å². The largest absolute Gasteiger partial charge is 1.00 e. The van der Waals surface area contributed by atoms with E-state index in [4.69, 9.17) is 28.4 Å². The van der Waals surface area contributed by atoms with Gasteiger partial charge in [0, 0.05) is 30.3 Å². The van der Waals surface area contributed by atoms with Gasteiger partial charge in [-0.15, -0.1) is 0 Å². The fourth-order valence-electron chi connectivity index (χ4n) is 7.01. The van der Waals surface area contributed by atoms with Crippen molar-refractivity contribution in [2.24, 2.45) is 0 Å². The Morgan fingerprint density at radius 2 is 0.731 bits per heavy atom. The Morgan fingerprint density at radius 3 is 1.01 bits per heavy atom. The van der Waals surface area contributed by atoms with E-state index in [1.54, 1.807) is 12.1 Å². The van der Waals surface area contributed by atoms with Gasteiger partial charge in [-0.25, -0.2) is 22.8 Å². The molecule has 1 amide bonds. The minimum Gasteiger partial charge on any atom is -0.748 e. The molecule has 0 radical (unpaired) electrons. The van der Waals surface area contributed by atoms with Gasteiger partial charge >= 0.3 is 36.8 Å². The van der Waals surface area contributed by atoms with E-state index in [-0.39, 0.29) is 48.9 Å². The van der Waals surface area contributed by atoms with E-state index < -0.39 is 21.8 Å². The molecule has 0 aliphatic carbocycles. The first-order valence-corrected chi connectivity index (χ1v) is 26.2. The number of benzene rings is 1. The summed E-state index contributed by atoms with van der Waals surface area (Å²) in [7, 11) is -4.51. The van der Waals surface area contributed by atoms with Crippen LogP contribution < -0.4 is 38.4 Å². The number of hydrogen-bond acceptors (Lipinski definition) is 13. The molecule has 0 atom stereocenters. The summed E-state index contributed by atoms with van der Waals surface area (Å²) in [6.07, 6.45) is 31.1. The smallest absolute Gasteiger partial charge is 0.748 e. The van der Waals surface area contributed by atoms with Gasteiger partial charge in [-0.2, -0.15) is 0 Å². The zero-order valence-electron chi connectivity index (χ0n) is 41.0. The van der Waals surface area contributed by atoms with Crippen LogP contribution in [0.3, 0.4) is 0 Å². The standard InChI is InChI=1S/C51H83NO13S.Li/c1-4-47(53)62-37-30-24-18-12-7-10-16-22-28-35-60-45-42-44(51(56)52-34-41-66(57,58)59)43-46(61-36-29-23-17-11-8-13-19-25-31-38-63-48(54)5-2)50(45)65-40-33-27-21-15-9-14-20-26-32-39-64-49(55)6-3;/h4-6,42-43H,1-3,7-41H2,(H,52,56)(H,57,58,59);/q;+1/p-1. The zero-order chi connectivity index (χ0) is 48.4. The molecule has 0 fully saturated rings. The molecule has 1 aromatic carbocycles. The van der Waals surface area contributed by atoms with E-state index >= 15 is 0 Å². The summed E-state index contributed by atoms with van der Waals surface area (Å²) >= 11 is 0. The van der Waals surface area contributed by atoms with Crippen LogP contribution in [0.5, 0.6) is 17.2 Å². The molecule has 0 bridgehead atoms. The molecule has 0 heterocycles. The van der Waals surface area contributed by atoms with Gasteiger partial charge < -0.3 is 38.3 Å². The Morgan fingerprint density at radius 1 is 0.463 bits per heavy atom. The predicted molar refractivity (Wildman–Crippen MR) is 258 cm³/mol. The Labute approximate surface area is 415 Å². The molecular weight excluding hydrogens is 874 g/mol. The van der Waals surface area contributed by atoms with Crippen molar-refractivity contribution in [2.75, 3.05) is 51.9 Å². The molecule has 1 aromatic rings. The third-order valence-electron chi connectivity index (χ3n) is 10.8. The normalized spacial score (nSPS) is 10.9. The first-order valence-electron chi connectivity index (χ1n) is 24.7. The van der Waals surface area contributed by atoms with Crippen molar-refractivity contribution in [1.82, 2.24) is 5.32 Å². The van der Waals surface area contributed by atoms with E-state index in [0.717, 1.165) is 173 Å². The predicted octanol–water partition coefficient (Wildman–Crippen LogP) is 7.82. The molecule has 16 heteroatoms. The fourth-order valence-corrected chi connectivity index (χ4v) is 7.37. The zero-order valence-corrected chi connectivity index (χ0v) is 41.8. The third-order valence-corrected chi connectivity index (χ3v) is 11.5. The monoisotopic (exact) mass is 956 g/mol. The Hall–Kier alpha value is -3.77. The summed E-state index contributed by atoms with van der Waals surface area (Å²) < 4.78 is 67.7. The molecule has 376 valence electrons. The molecule has 0 spiro atoms. The first-order chi connectivity index (χ1) is 32.0. The van der Waals surface area contributed by atoms with Crippen LogP contribution >= 0.6 is 0 Å². The summed E-state index contributed by atoms with van der Waals surface area (Å²) in [6.45, 7) is 12.4. The second kappa shape index (κ2) is 43.5. The number of unbranched alkanes of at least 4 members (excludes halogenated alkanes) is 24. The third kappa shape index (κ3) is 37.8. The van der Waals surface area contributed by atoms with Crippen LogP contribution in [0.15, 0.2) is 50.1 Å². The van der Waals surface area contributed by atoms with Crippen molar-refractivity contribution in [3.63, 3.8) is 0 Å². The van der Waals surface area contributed by atoms with Gasteiger partial charge in [-0.1, -0.05) is 155 Å². The maximum absolute atomic E-state index is 13.3. The molecule has 0 unspecified atom stereocenters. The summed E-state index contributed by atoms with van der Waals surface area (Å²) in [4.78, 5) is 46.7. The fraction of sp³-hybridized carbons (Fsp3) is 0.686. The van der Waals surface area contributed by atoms with Gasteiger partial charge in [0.1, 0.15) is 0 Å². The Bertz CT molecular complexity index is 1550. The number of carbonyl (C=O) groups excluding carboxylic acids is 4. The Kier molecular flexibility index (Phi) is 41.1. The van der Waals surface area contributed by atoms with Crippen LogP contribution in [0.1, 0.15) is 184 Å². The van der Waals surface area contributed by atoms with E-state index in [2.05, 4.69) is 25.1 Å². The van der Waals surface area contributed by atoms with Crippen molar-refractivity contribution in [3.05, 3.63) is 55.7 Å². The van der Waals surface area contributed by atoms with Crippen LogP contribution in [0, 0.1) is 0 Å². The second-order valence-electron chi connectivity index (χ2n) is 16.5. The van der Waals surface area contributed by atoms with Gasteiger partial charge in [0.25, 0.3) is 5.91 Å². The first kappa shape index (κ1) is 63.2. The number of amides is 1. The maximum atomic E-state index is 13.3. The van der Waals surface area contributed by atoms with Crippen molar-refractivity contribution in [3.8, 4) is 17.2 Å². The minimum absolute atomic E-state index is 0. The quantitative estimate of drug-likeness (QED) is 0.0166. The molecule has 0 aliphatic rings. The van der Waals surface area contributed by atoms with Gasteiger partial charge in [-0.05, 0) is 50.7 Å². The number of nitrogens with one attached hydrogen (secondary N) is 1. The topological polar surface area (TPSA) is 193 Å². The molecule has 67 heavy (non-hydrogen) atoms. The average molecular weight is 956 g/mol. The average Bonchev–Trinajstić information content (AvgIpc) is 3.30. The van der Waals surface area contributed by atoms with Gasteiger partial charge in [0.05, 0.1) is 55.5 Å². The number of carbonyl (C=O) groups is 4. The summed E-state index contributed by atoms with van der Waals surface area (Å²) in [5, 5.41) is 2.53. The number of esters is 3.